The average molecular weight is 495 g/mol. The molecule has 0 atom stereocenters. The van der Waals surface area contributed by atoms with Gasteiger partial charge in [0.1, 0.15) is 5.75 Å². The van der Waals surface area contributed by atoms with E-state index in [4.69, 9.17) is 27.9 Å². The summed E-state index contributed by atoms with van der Waals surface area (Å²) in [4.78, 5) is 12.0. The number of hydrazone groups is 1. The summed E-state index contributed by atoms with van der Waals surface area (Å²) in [5.41, 5.74) is 6.51. The predicted octanol–water partition coefficient (Wildman–Crippen LogP) is 5.69. The number of benzene rings is 2. The van der Waals surface area contributed by atoms with Crippen LogP contribution in [0, 0.1) is 13.8 Å². The second kappa shape index (κ2) is 9.48. The monoisotopic (exact) mass is 493 g/mol. The van der Waals surface area contributed by atoms with Gasteiger partial charge in [-0.2, -0.15) is 5.10 Å². The Morgan fingerprint density at radius 3 is 2.59 bits per heavy atom. The Morgan fingerprint density at radius 1 is 1.17 bits per heavy atom. The first kappa shape index (κ1) is 21.4. The molecular weight excluding hydrogens is 477 g/mol. The molecule has 1 N–H and O–H groups in total. The lowest BCUT2D eigenvalue weighted by Gasteiger charge is -2.09. The van der Waals surface area contributed by atoms with E-state index >= 15 is 0 Å². The highest BCUT2D eigenvalue weighted by Gasteiger charge is 2.10. The summed E-state index contributed by atoms with van der Waals surface area (Å²) in [5.74, 6) is -0.0118. The number of aromatic nitrogens is 1. The second-order valence-corrected chi connectivity index (χ2v) is 8.05. The van der Waals surface area contributed by atoms with Crippen LogP contribution in [0.1, 0.15) is 17.0 Å². The molecule has 1 amide bonds. The highest BCUT2D eigenvalue weighted by Crippen LogP contribution is 2.27. The van der Waals surface area contributed by atoms with Crippen LogP contribution in [-0.2, 0) is 4.79 Å². The van der Waals surface area contributed by atoms with Gasteiger partial charge in [0.15, 0.2) is 6.61 Å². The van der Waals surface area contributed by atoms with Crippen molar-refractivity contribution >= 4 is 51.3 Å². The van der Waals surface area contributed by atoms with Crippen molar-refractivity contribution in [2.75, 3.05) is 6.61 Å². The van der Waals surface area contributed by atoms with Crippen molar-refractivity contribution in [1.82, 2.24) is 9.99 Å². The Kier molecular flexibility index (Phi) is 7.00. The fourth-order valence-electron chi connectivity index (χ4n) is 2.85. The molecule has 8 heteroatoms. The molecule has 0 spiro atoms. The molecule has 0 aliphatic rings. The third-order valence-corrected chi connectivity index (χ3v) is 5.26. The highest BCUT2D eigenvalue weighted by molar-refractivity contribution is 9.10. The minimum atomic E-state index is -0.394. The van der Waals surface area contributed by atoms with E-state index in [9.17, 15) is 4.79 Å². The van der Waals surface area contributed by atoms with Crippen LogP contribution < -0.4 is 10.2 Å². The van der Waals surface area contributed by atoms with Gasteiger partial charge in [0, 0.05) is 32.1 Å². The lowest BCUT2D eigenvalue weighted by atomic mass is 10.2. The molecule has 3 aromatic rings. The van der Waals surface area contributed by atoms with Crippen LogP contribution in [0.2, 0.25) is 10.0 Å². The zero-order valence-corrected chi connectivity index (χ0v) is 18.8. The van der Waals surface area contributed by atoms with Crippen LogP contribution in [-0.4, -0.2) is 23.3 Å². The zero-order valence-electron chi connectivity index (χ0n) is 15.7. The van der Waals surface area contributed by atoms with E-state index in [1.54, 1.807) is 24.4 Å². The molecule has 0 aliphatic carbocycles. The van der Waals surface area contributed by atoms with E-state index in [2.05, 4.69) is 31.0 Å². The number of rotatable bonds is 6. The van der Waals surface area contributed by atoms with E-state index in [0.29, 0.717) is 15.8 Å². The maximum atomic E-state index is 12.0. The van der Waals surface area contributed by atoms with Crippen LogP contribution in [0.15, 0.2) is 58.1 Å². The number of carbonyl (C=O) groups excluding carboxylic acids is 1. The molecule has 5 nitrogen and oxygen atoms in total. The van der Waals surface area contributed by atoms with Gasteiger partial charge in [-0.05, 0) is 62.4 Å². The average Bonchev–Trinajstić information content (AvgIpc) is 2.95. The third kappa shape index (κ3) is 5.41. The molecule has 29 heavy (non-hydrogen) atoms. The Bertz CT molecular complexity index is 1060. The van der Waals surface area contributed by atoms with E-state index in [1.807, 2.05) is 44.2 Å². The van der Waals surface area contributed by atoms with Crippen molar-refractivity contribution < 1.29 is 9.53 Å². The molecule has 3 rings (SSSR count). The zero-order chi connectivity index (χ0) is 21.0. The van der Waals surface area contributed by atoms with Gasteiger partial charge in [-0.15, -0.1) is 0 Å². The van der Waals surface area contributed by atoms with Gasteiger partial charge < -0.3 is 9.30 Å². The molecule has 1 aromatic heterocycles. The number of amides is 1. The predicted molar refractivity (Wildman–Crippen MR) is 121 cm³/mol. The van der Waals surface area contributed by atoms with Crippen LogP contribution in [0.5, 0.6) is 5.75 Å². The van der Waals surface area contributed by atoms with Crippen molar-refractivity contribution in [2.45, 2.75) is 13.8 Å². The topological polar surface area (TPSA) is 55.6 Å². The highest BCUT2D eigenvalue weighted by atomic mass is 79.9. The van der Waals surface area contributed by atoms with Crippen LogP contribution in [0.4, 0.5) is 0 Å². The van der Waals surface area contributed by atoms with E-state index in [0.717, 1.165) is 27.1 Å². The standard InChI is InChI=1S/C21H18BrCl2N3O2/c1-13-9-15(14(2)27(13)18-6-3-16(22)4-7-18)11-25-26-21(28)12-29-20-8-5-17(23)10-19(20)24/h3-11H,12H2,1-2H3,(H,26,28)/b25-11-. The summed E-state index contributed by atoms with van der Waals surface area (Å²) in [6.07, 6.45) is 1.62. The van der Waals surface area contributed by atoms with Crippen LogP contribution >= 0.6 is 39.1 Å². The molecule has 0 saturated carbocycles. The van der Waals surface area contributed by atoms with Crippen molar-refractivity contribution in [3.63, 3.8) is 0 Å². The molecule has 0 unspecified atom stereocenters. The first-order valence-electron chi connectivity index (χ1n) is 8.70. The number of hydrogen-bond donors (Lipinski definition) is 1. The molecular formula is C21H18BrCl2N3O2. The number of halogens is 3. The number of hydrogen-bond acceptors (Lipinski definition) is 3. The van der Waals surface area contributed by atoms with Crippen LogP contribution in [0.25, 0.3) is 5.69 Å². The Balaban J connectivity index is 1.62. The molecule has 0 saturated heterocycles. The number of ether oxygens (including phenoxy) is 1. The van der Waals surface area contributed by atoms with Gasteiger partial charge in [-0.1, -0.05) is 39.1 Å². The fraction of sp³-hybridized carbons (Fsp3) is 0.143. The quantitative estimate of drug-likeness (QED) is 0.353. The normalized spacial score (nSPS) is 11.1. The fourth-order valence-corrected chi connectivity index (χ4v) is 3.57. The molecule has 0 fully saturated rings. The lowest BCUT2D eigenvalue weighted by Crippen LogP contribution is -2.24. The summed E-state index contributed by atoms with van der Waals surface area (Å²) in [5, 5.41) is 4.87. The maximum Gasteiger partial charge on any atom is 0.277 e. The molecule has 0 bridgehead atoms. The molecule has 2 aromatic carbocycles. The smallest absolute Gasteiger partial charge is 0.277 e. The van der Waals surface area contributed by atoms with Crippen molar-refractivity contribution in [1.29, 1.82) is 0 Å². The van der Waals surface area contributed by atoms with Crippen molar-refractivity contribution in [3.8, 4) is 11.4 Å². The molecule has 0 aliphatic heterocycles. The summed E-state index contributed by atoms with van der Waals surface area (Å²) >= 11 is 15.3. The Labute approximate surface area is 187 Å². The minimum Gasteiger partial charge on any atom is -0.482 e. The number of carbonyl (C=O) groups is 1. The number of nitrogens with one attached hydrogen (secondary N) is 1. The Hall–Kier alpha value is -2.28. The second-order valence-electron chi connectivity index (χ2n) is 6.29. The lowest BCUT2D eigenvalue weighted by molar-refractivity contribution is -0.123. The summed E-state index contributed by atoms with van der Waals surface area (Å²) < 4.78 is 8.54. The van der Waals surface area contributed by atoms with Gasteiger partial charge in [-0.25, -0.2) is 5.43 Å². The summed E-state index contributed by atoms with van der Waals surface area (Å²) in [7, 11) is 0. The first-order chi connectivity index (χ1) is 13.8. The maximum absolute atomic E-state index is 12.0. The van der Waals surface area contributed by atoms with Crippen molar-refractivity contribution in [3.05, 3.63) is 80.0 Å². The van der Waals surface area contributed by atoms with Gasteiger partial charge in [0.2, 0.25) is 0 Å². The van der Waals surface area contributed by atoms with Gasteiger partial charge >= 0.3 is 0 Å². The Morgan fingerprint density at radius 2 is 1.90 bits per heavy atom. The molecule has 1 heterocycles. The van der Waals surface area contributed by atoms with E-state index in [-0.39, 0.29) is 6.61 Å². The third-order valence-electron chi connectivity index (χ3n) is 4.20. The van der Waals surface area contributed by atoms with Gasteiger partial charge in [-0.3, -0.25) is 4.79 Å². The number of aryl methyl sites for hydroxylation is 1. The van der Waals surface area contributed by atoms with Crippen molar-refractivity contribution in [2.24, 2.45) is 5.10 Å². The number of nitrogens with zero attached hydrogens (tertiary/aromatic N) is 2. The van der Waals surface area contributed by atoms with Crippen LogP contribution in [0.3, 0.4) is 0 Å². The molecule has 0 radical (unpaired) electrons. The van der Waals surface area contributed by atoms with E-state index < -0.39 is 5.91 Å². The summed E-state index contributed by atoms with van der Waals surface area (Å²) in [6.45, 7) is 3.81. The van der Waals surface area contributed by atoms with E-state index in [1.165, 1.54) is 0 Å². The first-order valence-corrected chi connectivity index (χ1v) is 10.2. The largest absolute Gasteiger partial charge is 0.482 e. The van der Waals surface area contributed by atoms with Gasteiger partial charge in [0.05, 0.1) is 11.2 Å². The summed E-state index contributed by atoms with van der Waals surface area (Å²) in [6, 6.07) is 14.9. The SMILES string of the molecule is Cc1cc(/C=N\NC(=O)COc2ccc(Cl)cc2Cl)c(C)n1-c1ccc(Br)cc1. The van der Waals surface area contributed by atoms with Gasteiger partial charge in [0.25, 0.3) is 5.91 Å². The molecule has 150 valence electrons. The minimum absolute atomic E-state index is 0.212.